The fraction of sp³-hybridized carbons (Fsp3) is 0.435. The summed E-state index contributed by atoms with van der Waals surface area (Å²) < 4.78 is 19.9. The number of nitrogens with two attached hydrogens (primary N) is 1. The van der Waals surface area contributed by atoms with Gasteiger partial charge in [0.25, 0.3) is 0 Å². The van der Waals surface area contributed by atoms with Gasteiger partial charge in [-0.25, -0.2) is 9.37 Å². The Bertz CT molecular complexity index is 956. The van der Waals surface area contributed by atoms with Crippen molar-refractivity contribution >= 4 is 11.4 Å². The number of halogens is 1. The van der Waals surface area contributed by atoms with Gasteiger partial charge in [0, 0.05) is 31.8 Å². The average molecular weight is 394 g/mol. The molecular formula is C23H27FN4O. The zero-order valence-electron chi connectivity index (χ0n) is 16.7. The molecule has 1 aromatic heterocycles. The van der Waals surface area contributed by atoms with Crippen LogP contribution in [0.1, 0.15) is 54.5 Å². The molecule has 2 fully saturated rings. The normalized spacial score (nSPS) is 23.8. The summed E-state index contributed by atoms with van der Waals surface area (Å²) in [6.07, 6.45) is 6.08. The monoisotopic (exact) mass is 394 g/mol. The highest BCUT2D eigenvalue weighted by Crippen LogP contribution is 2.43. The van der Waals surface area contributed by atoms with Crippen molar-refractivity contribution in [3.63, 3.8) is 0 Å². The Labute approximate surface area is 170 Å². The number of anilines is 1. The topological polar surface area (TPSA) is 63.4 Å². The number of ether oxygens (including phenoxy) is 1. The number of benzene rings is 1. The summed E-state index contributed by atoms with van der Waals surface area (Å²) in [7, 11) is 1.58. The highest BCUT2D eigenvalue weighted by molar-refractivity contribution is 5.73. The number of rotatable bonds is 5. The van der Waals surface area contributed by atoms with Crippen LogP contribution in [0.25, 0.3) is 5.57 Å². The fourth-order valence-electron chi connectivity index (χ4n) is 4.44. The van der Waals surface area contributed by atoms with Crippen molar-refractivity contribution < 1.29 is 9.13 Å². The minimum Gasteiger partial charge on any atom is -0.496 e. The van der Waals surface area contributed by atoms with E-state index >= 15 is 0 Å². The SMILES string of the molecule is COc1cccc(F)c1C1=CNC(c2cc(C3CC3)cc(N3CC[C@@H](N)C3)n2)C1. The molecule has 1 saturated heterocycles. The van der Waals surface area contributed by atoms with Crippen molar-refractivity contribution in [2.24, 2.45) is 5.73 Å². The first kappa shape index (κ1) is 18.4. The van der Waals surface area contributed by atoms with Crippen LogP contribution in [0.5, 0.6) is 5.75 Å². The van der Waals surface area contributed by atoms with Gasteiger partial charge in [0.2, 0.25) is 0 Å². The van der Waals surface area contributed by atoms with E-state index in [9.17, 15) is 4.39 Å². The number of nitrogens with zero attached hydrogens (tertiary/aromatic N) is 2. The summed E-state index contributed by atoms with van der Waals surface area (Å²) in [5.41, 5.74) is 9.95. The molecule has 3 heterocycles. The Morgan fingerprint density at radius 2 is 2.10 bits per heavy atom. The van der Waals surface area contributed by atoms with E-state index in [1.807, 2.05) is 6.20 Å². The minimum atomic E-state index is -0.260. The molecule has 1 aliphatic carbocycles. The molecule has 152 valence electrons. The van der Waals surface area contributed by atoms with Gasteiger partial charge in [-0.15, -0.1) is 0 Å². The average Bonchev–Trinajstić information content (AvgIpc) is 3.31. The van der Waals surface area contributed by atoms with Crippen LogP contribution in [-0.2, 0) is 0 Å². The molecule has 0 amide bonds. The Kier molecular flexibility index (Phi) is 4.66. The molecular weight excluding hydrogens is 367 g/mol. The summed E-state index contributed by atoms with van der Waals surface area (Å²) in [5.74, 6) is 1.97. The zero-order chi connectivity index (χ0) is 20.0. The third kappa shape index (κ3) is 3.57. The number of hydrogen-bond acceptors (Lipinski definition) is 5. The number of nitrogens with one attached hydrogen (secondary N) is 1. The molecule has 5 rings (SSSR count). The maximum Gasteiger partial charge on any atom is 0.134 e. The van der Waals surface area contributed by atoms with Gasteiger partial charge in [-0.05, 0) is 60.6 Å². The molecule has 2 atom stereocenters. The molecule has 0 radical (unpaired) electrons. The van der Waals surface area contributed by atoms with E-state index < -0.39 is 0 Å². The second-order valence-electron chi connectivity index (χ2n) is 8.36. The fourth-order valence-corrected chi connectivity index (χ4v) is 4.44. The molecule has 5 nitrogen and oxygen atoms in total. The Morgan fingerprint density at radius 3 is 2.83 bits per heavy atom. The molecule has 0 bridgehead atoms. The van der Waals surface area contributed by atoms with Crippen LogP contribution >= 0.6 is 0 Å². The summed E-state index contributed by atoms with van der Waals surface area (Å²) in [5, 5.41) is 3.42. The smallest absolute Gasteiger partial charge is 0.134 e. The maximum atomic E-state index is 14.5. The molecule has 3 N–H and O–H groups in total. The highest BCUT2D eigenvalue weighted by Gasteiger charge is 2.30. The molecule has 6 heteroatoms. The lowest BCUT2D eigenvalue weighted by molar-refractivity contribution is 0.409. The highest BCUT2D eigenvalue weighted by atomic mass is 19.1. The summed E-state index contributed by atoms with van der Waals surface area (Å²) in [6.45, 7) is 1.81. The first-order chi connectivity index (χ1) is 14.1. The number of aromatic nitrogens is 1. The lowest BCUT2D eigenvalue weighted by atomic mass is 9.98. The van der Waals surface area contributed by atoms with Crippen LogP contribution < -0.4 is 20.7 Å². The van der Waals surface area contributed by atoms with E-state index in [1.54, 1.807) is 19.2 Å². The Balaban J connectivity index is 1.43. The van der Waals surface area contributed by atoms with Crippen molar-refractivity contribution in [2.75, 3.05) is 25.1 Å². The largest absolute Gasteiger partial charge is 0.496 e. The van der Waals surface area contributed by atoms with Gasteiger partial charge in [-0.1, -0.05) is 6.07 Å². The second-order valence-corrected chi connectivity index (χ2v) is 8.36. The molecule has 1 unspecified atom stereocenters. The van der Waals surface area contributed by atoms with Crippen molar-refractivity contribution in [2.45, 2.75) is 43.7 Å². The molecule has 0 spiro atoms. The van der Waals surface area contributed by atoms with Gasteiger partial charge in [-0.3, -0.25) is 0 Å². The lowest BCUT2D eigenvalue weighted by Crippen LogP contribution is -2.27. The zero-order valence-corrected chi connectivity index (χ0v) is 16.7. The molecule has 3 aliphatic rings. The van der Waals surface area contributed by atoms with E-state index in [2.05, 4.69) is 22.3 Å². The van der Waals surface area contributed by atoms with Crippen molar-refractivity contribution in [3.05, 3.63) is 59.2 Å². The van der Waals surface area contributed by atoms with Gasteiger partial charge >= 0.3 is 0 Å². The van der Waals surface area contributed by atoms with Crippen LogP contribution in [-0.4, -0.2) is 31.2 Å². The molecule has 1 saturated carbocycles. The van der Waals surface area contributed by atoms with Gasteiger partial charge in [0.15, 0.2) is 0 Å². The van der Waals surface area contributed by atoms with Gasteiger partial charge in [-0.2, -0.15) is 0 Å². The van der Waals surface area contributed by atoms with Crippen molar-refractivity contribution in [3.8, 4) is 5.75 Å². The molecule has 2 aliphatic heterocycles. The van der Waals surface area contributed by atoms with E-state index in [-0.39, 0.29) is 17.9 Å². The quantitative estimate of drug-likeness (QED) is 0.809. The van der Waals surface area contributed by atoms with E-state index in [1.165, 1.54) is 24.5 Å². The number of methoxy groups -OCH3 is 1. The maximum absolute atomic E-state index is 14.5. The third-order valence-electron chi connectivity index (χ3n) is 6.21. The minimum absolute atomic E-state index is 0.0306. The number of pyridine rings is 1. The second kappa shape index (κ2) is 7.34. The standard InChI is InChI=1S/C23H27FN4O/c1-29-21-4-2-3-18(24)23(21)16-10-19(26-12-16)20-9-15(14-5-6-14)11-22(27-20)28-8-7-17(25)13-28/h2-4,9,11-12,14,17,19,26H,5-8,10,13,25H2,1H3/t17-,19?/m1/s1. The molecule has 29 heavy (non-hydrogen) atoms. The Morgan fingerprint density at radius 1 is 1.24 bits per heavy atom. The predicted molar refractivity (Wildman–Crippen MR) is 112 cm³/mol. The third-order valence-corrected chi connectivity index (χ3v) is 6.21. The van der Waals surface area contributed by atoms with E-state index in [0.717, 1.165) is 36.6 Å². The van der Waals surface area contributed by atoms with Crippen molar-refractivity contribution in [1.82, 2.24) is 10.3 Å². The summed E-state index contributed by atoms with van der Waals surface area (Å²) in [4.78, 5) is 7.28. The summed E-state index contributed by atoms with van der Waals surface area (Å²) >= 11 is 0. The first-order valence-corrected chi connectivity index (χ1v) is 10.4. The summed E-state index contributed by atoms with van der Waals surface area (Å²) in [6, 6.07) is 9.66. The predicted octanol–water partition coefficient (Wildman–Crippen LogP) is 3.72. The van der Waals surface area contributed by atoms with E-state index in [0.29, 0.717) is 23.7 Å². The molecule has 1 aromatic carbocycles. The van der Waals surface area contributed by atoms with Crippen LogP contribution in [0.15, 0.2) is 36.5 Å². The first-order valence-electron chi connectivity index (χ1n) is 10.4. The van der Waals surface area contributed by atoms with Gasteiger partial charge < -0.3 is 20.7 Å². The van der Waals surface area contributed by atoms with Gasteiger partial charge in [0.1, 0.15) is 17.4 Å². The molecule has 2 aromatic rings. The van der Waals surface area contributed by atoms with E-state index in [4.69, 9.17) is 15.5 Å². The van der Waals surface area contributed by atoms with Gasteiger partial charge in [0.05, 0.1) is 24.4 Å². The number of hydrogen-bond donors (Lipinski definition) is 2. The van der Waals surface area contributed by atoms with Crippen molar-refractivity contribution in [1.29, 1.82) is 0 Å². The lowest BCUT2D eigenvalue weighted by Gasteiger charge is -2.21. The van der Waals surface area contributed by atoms with Crippen LogP contribution in [0.4, 0.5) is 10.2 Å². The Hall–Kier alpha value is -2.60. The van der Waals surface area contributed by atoms with Crippen LogP contribution in [0, 0.1) is 5.82 Å². The van der Waals surface area contributed by atoms with Crippen LogP contribution in [0.2, 0.25) is 0 Å². The van der Waals surface area contributed by atoms with Crippen LogP contribution in [0.3, 0.4) is 0 Å².